The third-order valence-electron chi connectivity index (χ3n) is 2.12. The molecule has 0 saturated carbocycles. The highest BCUT2D eigenvalue weighted by molar-refractivity contribution is 5.80. The number of aromatic hydroxyl groups is 1. The molecule has 0 amide bonds. The van der Waals surface area contributed by atoms with Crippen molar-refractivity contribution in [3.05, 3.63) is 40.2 Å². The van der Waals surface area contributed by atoms with Crippen molar-refractivity contribution in [3.8, 4) is 5.75 Å². The number of pyridine rings is 1. The van der Waals surface area contributed by atoms with Crippen LogP contribution in [0, 0.1) is 0 Å². The average molecular weight is 190 g/mol. The van der Waals surface area contributed by atoms with Crippen LogP contribution in [0.2, 0.25) is 0 Å². The lowest BCUT2D eigenvalue weighted by Crippen LogP contribution is -2.15. The van der Waals surface area contributed by atoms with Gasteiger partial charge >= 0.3 is 0 Å². The minimum atomic E-state index is -0.175. The number of nitrogens with one attached hydrogen (secondary N) is 1. The molecular formula is C10H10N2O2. The van der Waals surface area contributed by atoms with E-state index in [-0.39, 0.29) is 17.9 Å². The molecule has 0 radical (unpaired) electrons. The van der Waals surface area contributed by atoms with Gasteiger partial charge in [0.2, 0.25) is 0 Å². The van der Waals surface area contributed by atoms with Crippen molar-refractivity contribution in [2.24, 2.45) is 5.73 Å². The fourth-order valence-corrected chi connectivity index (χ4v) is 1.39. The Morgan fingerprint density at radius 3 is 2.86 bits per heavy atom. The smallest absolute Gasteiger partial charge is 0.252 e. The fourth-order valence-electron chi connectivity index (χ4n) is 1.39. The molecule has 2 aromatic rings. The molecule has 0 saturated heterocycles. The van der Waals surface area contributed by atoms with Crippen LogP contribution in [0.3, 0.4) is 0 Å². The summed E-state index contributed by atoms with van der Waals surface area (Å²) < 4.78 is 0. The molecule has 0 aliphatic rings. The van der Waals surface area contributed by atoms with E-state index >= 15 is 0 Å². The molecule has 0 unspecified atom stereocenters. The monoisotopic (exact) mass is 190 g/mol. The summed E-state index contributed by atoms with van der Waals surface area (Å²) in [7, 11) is 0. The quantitative estimate of drug-likeness (QED) is 0.619. The molecular weight excluding hydrogens is 180 g/mol. The highest BCUT2D eigenvalue weighted by Gasteiger charge is 2.01. The standard InChI is InChI=1S/C10H10N2O2/c11-5-7-3-6-4-8(13)1-2-9(6)12-10(7)14/h1-4,13H,5,11H2,(H,12,14). The topological polar surface area (TPSA) is 79.1 Å². The zero-order valence-electron chi connectivity index (χ0n) is 7.45. The lowest BCUT2D eigenvalue weighted by molar-refractivity contribution is 0.476. The molecule has 4 heteroatoms. The number of nitrogens with two attached hydrogens (primary N) is 1. The summed E-state index contributed by atoms with van der Waals surface area (Å²) in [4.78, 5) is 14.0. The van der Waals surface area contributed by atoms with Crippen LogP contribution in [0.5, 0.6) is 5.75 Å². The van der Waals surface area contributed by atoms with E-state index in [9.17, 15) is 9.90 Å². The van der Waals surface area contributed by atoms with Gasteiger partial charge in [-0.05, 0) is 24.3 Å². The van der Waals surface area contributed by atoms with Gasteiger partial charge < -0.3 is 15.8 Å². The highest BCUT2D eigenvalue weighted by atomic mass is 16.3. The van der Waals surface area contributed by atoms with Crippen LogP contribution in [0.15, 0.2) is 29.1 Å². The lowest BCUT2D eigenvalue weighted by atomic mass is 10.1. The Kier molecular flexibility index (Phi) is 1.98. The third kappa shape index (κ3) is 1.36. The molecule has 1 aromatic carbocycles. The molecule has 0 atom stereocenters. The molecule has 0 aliphatic carbocycles. The Labute approximate surface area is 80.0 Å². The van der Waals surface area contributed by atoms with Gasteiger partial charge in [-0.3, -0.25) is 4.79 Å². The number of rotatable bonds is 1. The number of hydrogen-bond donors (Lipinski definition) is 3. The van der Waals surface area contributed by atoms with Crippen molar-refractivity contribution in [2.75, 3.05) is 0 Å². The highest BCUT2D eigenvalue weighted by Crippen LogP contribution is 2.17. The molecule has 14 heavy (non-hydrogen) atoms. The largest absolute Gasteiger partial charge is 0.508 e. The number of aromatic nitrogens is 1. The molecule has 0 spiro atoms. The second-order valence-electron chi connectivity index (χ2n) is 3.10. The lowest BCUT2D eigenvalue weighted by Gasteiger charge is -2.01. The normalized spacial score (nSPS) is 10.6. The number of benzene rings is 1. The van der Waals surface area contributed by atoms with Gasteiger partial charge in [0.05, 0.1) is 0 Å². The maximum absolute atomic E-state index is 11.4. The predicted octanol–water partition coefficient (Wildman–Crippen LogP) is 0.692. The zero-order chi connectivity index (χ0) is 10.1. The van der Waals surface area contributed by atoms with Gasteiger partial charge in [0, 0.05) is 23.0 Å². The van der Waals surface area contributed by atoms with Crippen LogP contribution in [-0.4, -0.2) is 10.1 Å². The summed E-state index contributed by atoms with van der Waals surface area (Å²) in [6.45, 7) is 0.195. The predicted molar refractivity (Wildman–Crippen MR) is 54.1 cm³/mol. The molecule has 0 fully saturated rings. The zero-order valence-corrected chi connectivity index (χ0v) is 7.45. The molecule has 0 aliphatic heterocycles. The average Bonchev–Trinajstić information content (AvgIpc) is 2.17. The van der Waals surface area contributed by atoms with E-state index in [1.165, 1.54) is 6.07 Å². The molecule has 0 bridgehead atoms. The van der Waals surface area contributed by atoms with E-state index in [4.69, 9.17) is 5.73 Å². The SMILES string of the molecule is NCc1cc2cc(O)ccc2[nH]c1=O. The van der Waals surface area contributed by atoms with Gasteiger partial charge in [-0.2, -0.15) is 0 Å². The van der Waals surface area contributed by atoms with Gasteiger partial charge in [-0.1, -0.05) is 0 Å². The number of phenolic OH excluding ortho intramolecular Hbond substituents is 1. The Morgan fingerprint density at radius 1 is 1.36 bits per heavy atom. The van der Waals surface area contributed by atoms with Crippen molar-refractivity contribution in [1.29, 1.82) is 0 Å². The molecule has 4 N–H and O–H groups in total. The first-order valence-corrected chi connectivity index (χ1v) is 4.25. The van der Waals surface area contributed by atoms with E-state index in [1.807, 2.05) is 0 Å². The van der Waals surface area contributed by atoms with Crippen LogP contribution in [-0.2, 0) is 6.54 Å². The van der Waals surface area contributed by atoms with Gasteiger partial charge in [0.25, 0.3) is 5.56 Å². The number of H-pyrrole nitrogens is 1. The first-order chi connectivity index (χ1) is 6.70. The fraction of sp³-hybridized carbons (Fsp3) is 0.100. The third-order valence-corrected chi connectivity index (χ3v) is 2.12. The van der Waals surface area contributed by atoms with Crippen molar-refractivity contribution >= 4 is 10.9 Å². The molecule has 1 heterocycles. The summed E-state index contributed by atoms with van der Waals surface area (Å²) in [5.74, 6) is 0.174. The van der Waals surface area contributed by atoms with Gasteiger partial charge in [0.1, 0.15) is 5.75 Å². The minimum absolute atomic E-state index is 0.174. The summed E-state index contributed by atoms with van der Waals surface area (Å²) in [6.07, 6.45) is 0. The second kappa shape index (κ2) is 3.16. The number of phenols is 1. The van der Waals surface area contributed by atoms with Gasteiger partial charge in [-0.25, -0.2) is 0 Å². The van der Waals surface area contributed by atoms with Gasteiger partial charge in [-0.15, -0.1) is 0 Å². The Morgan fingerprint density at radius 2 is 2.14 bits per heavy atom. The maximum atomic E-state index is 11.4. The second-order valence-corrected chi connectivity index (χ2v) is 3.10. The van der Waals surface area contributed by atoms with E-state index < -0.39 is 0 Å². The molecule has 1 aromatic heterocycles. The van der Waals surface area contributed by atoms with Crippen LogP contribution in [0.25, 0.3) is 10.9 Å². The van der Waals surface area contributed by atoms with Crippen LogP contribution >= 0.6 is 0 Å². The van der Waals surface area contributed by atoms with Crippen molar-refractivity contribution in [1.82, 2.24) is 4.98 Å². The van der Waals surface area contributed by atoms with Gasteiger partial charge in [0.15, 0.2) is 0 Å². The molecule has 2 rings (SSSR count). The van der Waals surface area contributed by atoms with Crippen LogP contribution in [0.1, 0.15) is 5.56 Å². The number of hydrogen-bond acceptors (Lipinski definition) is 3. The number of fused-ring (bicyclic) bond motifs is 1. The van der Waals surface area contributed by atoms with Crippen molar-refractivity contribution in [3.63, 3.8) is 0 Å². The molecule has 4 nitrogen and oxygen atoms in total. The van der Waals surface area contributed by atoms with Crippen molar-refractivity contribution in [2.45, 2.75) is 6.54 Å². The van der Waals surface area contributed by atoms with Crippen LogP contribution < -0.4 is 11.3 Å². The minimum Gasteiger partial charge on any atom is -0.508 e. The van der Waals surface area contributed by atoms with E-state index in [1.54, 1.807) is 18.2 Å². The van der Waals surface area contributed by atoms with E-state index in [0.29, 0.717) is 11.1 Å². The maximum Gasteiger partial charge on any atom is 0.252 e. The Balaban J connectivity index is 2.80. The van der Waals surface area contributed by atoms with E-state index in [0.717, 1.165) is 5.39 Å². The first kappa shape index (κ1) is 8.77. The summed E-state index contributed by atoms with van der Waals surface area (Å²) in [6, 6.07) is 6.46. The number of aromatic amines is 1. The Hall–Kier alpha value is -1.81. The summed E-state index contributed by atoms with van der Waals surface area (Å²) in [5, 5.41) is 10.0. The molecule has 72 valence electrons. The summed E-state index contributed by atoms with van der Waals surface area (Å²) >= 11 is 0. The summed E-state index contributed by atoms with van der Waals surface area (Å²) in [5.41, 5.74) is 6.44. The van der Waals surface area contributed by atoms with Crippen molar-refractivity contribution < 1.29 is 5.11 Å². The van der Waals surface area contributed by atoms with E-state index in [2.05, 4.69) is 4.98 Å². The van der Waals surface area contributed by atoms with Crippen LogP contribution in [0.4, 0.5) is 0 Å². The first-order valence-electron chi connectivity index (χ1n) is 4.25. The Bertz CT molecular complexity index is 531.